The molecular weight excluding hydrogens is 276 g/mol. The van der Waals surface area contributed by atoms with Crippen LogP contribution in [-0.2, 0) is 4.79 Å². The first-order chi connectivity index (χ1) is 8.57. The van der Waals surface area contributed by atoms with Crippen LogP contribution in [0.4, 0.5) is 32.0 Å². The van der Waals surface area contributed by atoms with Gasteiger partial charge in [-0.05, 0) is 6.07 Å². The van der Waals surface area contributed by atoms with E-state index in [1.54, 1.807) is 0 Å². The Morgan fingerprint density at radius 1 is 1.16 bits per heavy atom. The fraction of sp³-hybridized carbons (Fsp3) is 0.364. The van der Waals surface area contributed by atoms with Crippen LogP contribution in [0.5, 0.6) is 0 Å². The summed E-state index contributed by atoms with van der Waals surface area (Å²) in [5.41, 5.74) is -1.36. The second kappa shape index (κ2) is 5.10. The number of halogens is 6. The SMILES string of the molecule is CC(=O)Nc1ccccc1C(F)C(F)(F)C(F)(F)F. The van der Waals surface area contributed by atoms with Crippen LogP contribution >= 0.6 is 0 Å². The van der Waals surface area contributed by atoms with Gasteiger partial charge in [-0.1, -0.05) is 18.2 Å². The van der Waals surface area contributed by atoms with E-state index < -0.39 is 35.4 Å². The molecule has 1 aromatic carbocycles. The van der Waals surface area contributed by atoms with Gasteiger partial charge in [-0.2, -0.15) is 22.0 Å². The van der Waals surface area contributed by atoms with E-state index in [-0.39, 0.29) is 0 Å². The fourth-order valence-electron chi connectivity index (χ4n) is 1.36. The van der Waals surface area contributed by atoms with Crippen molar-refractivity contribution < 1.29 is 31.1 Å². The molecule has 0 saturated carbocycles. The molecule has 0 fully saturated rings. The van der Waals surface area contributed by atoms with E-state index in [2.05, 4.69) is 0 Å². The summed E-state index contributed by atoms with van der Waals surface area (Å²) in [5, 5.41) is 2.00. The molecule has 0 aliphatic heterocycles. The third-order valence-corrected chi connectivity index (χ3v) is 2.24. The van der Waals surface area contributed by atoms with Gasteiger partial charge in [0.2, 0.25) is 5.91 Å². The number of anilines is 1. The van der Waals surface area contributed by atoms with E-state index in [1.807, 2.05) is 5.32 Å². The normalized spacial score (nSPS) is 14.1. The smallest absolute Gasteiger partial charge is 0.326 e. The molecule has 0 radical (unpaired) electrons. The van der Waals surface area contributed by atoms with Gasteiger partial charge < -0.3 is 5.32 Å². The molecule has 0 aromatic heterocycles. The molecule has 0 spiro atoms. The molecule has 1 rings (SSSR count). The summed E-state index contributed by atoms with van der Waals surface area (Å²) in [6.07, 6.45) is -9.62. The zero-order valence-corrected chi connectivity index (χ0v) is 9.56. The van der Waals surface area contributed by atoms with Crippen LogP contribution in [-0.4, -0.2) is 18.0 Å². The van der Waals surface area contributed by atoms with Crippen LogP contribution < -0.4 is 5.32 Å². The third-order valence-electron chi connectivity index (χ3n) is 2.24. The first-order valence-corrected chi connectivity index (χ1v) is 5.02. The van der Waals surface area contributed by atoms with Crippen LogP contribution in [0.15, 0.2) is 24.3 Å². The van der Waals surface area contributed by atoms with Crippen LogP contribution in [0.2, 0.25) is 0 Å². The van der Waals surface area contributed by atoms with E-state index in [1.165, 1.54) is 6.07 Å². The summed E-state index contributed by atoms with van der Waals surface area (Å²) < 4.78 is 75.6. The van der Waals surface area contributed by atoms with Crippen molar-refractivity contribution in [2.75, 3.05) is 5.32 Å². The number of nitrogens with one attached hydrogen (secondary N) is 1. The molecular formula is C11H9F6NO. The quantitative estimate of drug-likeness (QED) is 0.840. The number of benzene rings is 1. The average Bonchev–Trinajstić information content (AvgIpc) is 2.26. The predicted molar refractivity (Wildman–Crippen MR) is 55.6 cm³/mol. The van der Waals surface area contributed by atoms with Crippen LogP contribution in [0.25, 0.3) is 0 Å². The van der Waals surface area contributed by atoms with Crippen molar-refractivity contribution in [2.45, 2.75) is 25.2 Å². The minimum atomic E-state index is -6.02. The Balaban J connectivity index is 3.19. The highest BCUT2D eigenvalue weighted by Crippen LogP contribution is 2.47. The number of carbonyl (C=O) groups is 1. The van der Waals surface area contributed by atoms with Crippen molar-refractivity contribution >= 4 is 11.6 Å². The van der Waals surface area contributed by atoms with Gasteiger partial charge in [0.1, 0.15) is 0 Å². The Hall–Kier alpha value is -1.73. The summed E-state index contributed by atoms with van der Waals surface area (Å²) in [6.45, 7) is 1.02. The number of rotatable bonds is 3. The van der Waals surface area contributed by atoms with Gasteiger partial charge in [0.25, 0.3) is 0 Å². The maximum atomic E-state index is 13.5. The summed E-state index contributed by atoms with van der Waals surface area (Å²) in [5.74, 6) is -6.25. The molecule has 1 amide bonds. The van der Waals surface area contributed by atoms with E-state index in [9.17, 15) is 31.1 Å². The minimum Gasteiger partial charge on any atom is -0.326 e. The van der Waals surface area contributed by atoms with Gasteiger partial charge >= 0.3 is 12.1 Å². The lowest BCUT2D eigenvalue weighted by Gasteiger charge is -2.24. The predicted octanol–water partition coefficient (Wildman–Crippen LogP) is 3.85. The summed E-state index contributed by atoms with van der Waals surface area (Å²) in [6, 6.07) is 4.16. The molecule has 1 unspecified atom stereocenters. The van der Waals surface area contributed by atoms with E-state index >= 15 is 0 Å². The Morgan fingerprint density at radius 3 is 2.16 bits per heavy atom. The van der Waals surface area contributed by atoms with Crippen molar-refractivity contribution in [2.24, 2.45) is 0 Å². The zero-order valence-electron chi connectivity index (χ0n) is 9.56. The average molecular weight is 285 g/mol. The Labute approximate surface area is 104 Å². The molecule has 0 bridgehead atoms. The topological polar surface area (TPSA) is 29.1 Å². The number of hydrogen-bond donors (Lipinski definition) is 1. The van der Waals surface area contributed by atoms with Gasteiger partial charge in [-0.15, -0.1) is 0 Å². The second-order valence-corrected chi connectivity index (χ2v) is 3.75. The highest BCUT2D eigenvalue weighted by molar-refractivity contribution is 5.89. The molecule has 0 aliphatic carbocycles. The molecule has 19 heavy (non-hydrogen) atoms. The fourth-order valence-corrected chi connectivity index (χ4v) is 1.36. The van der Waals surface area contributed by atoms with Crippen LogP contribution in [0.3, 0.4) is 0 Å². The Kier molecular flexibility index (Phi) is 4.12. The van der Waals surface area contributed by atoms with Crippen molar-refractivity contribution in [1.82, 2.24) is 0 Å². The standard InChI is InChI=1S/C11H9F6NO/c1-6(19)18-8-5-3-2-4-7(8)9(12)10(13,14)11(15,16)17/h2-5,9H,1H3,(H,18,19). The number of carbonyl (C=O) groups excluding carboxylic acids is 1. The summed E-state index contributed by atoms with van der Waals surface area (Å²) in [7, 11) is 0. The van der Waals surface area contributed by atoms with Crippen molar-refractivity contribution in [3.05, 3.63) is 29.8 Å². The number of hydrogen-bond acceptors (Lipinski definition) is 1. The molecule has 1 atom stereocenters. The molecule has 106 valence electrons. The molecule has 0 saturated heterocycles. The minimum absolute atomic E-state index is 0.425. The van der Waals surface area contributed by atoms with Crippen LogP contribution in [0, 0.1) is 0 Å². The largest absolute Gasteiger partial charge is 0.456 e. The lowest BCUT2D eigenvalue weighted by Crippen LogP contribution is -2.40. The molecule has 1 N–H and O–H groups in total. The molecule has 2 nitrogen and oxygen atoms in total. The molecule has 1 aromatic rings. The first kappa shape index (κ1) is 15.3. The van der Waals surface area contributed by atoms with Gasteiger partial charge in [0, 0.05) is 18.2 Å². The van der Waals surface area contributed by atoms with Crippen molar-refractivity contribution in [1.29, 1.82) is 0 Å². The van der Waals surface area contributed by atoms with Crippen molar-refractivity contribution in [3.63, 3.8) is 0 Å². The van der Waals surface area contributed by atoms with E-state index in [0.29, 0.717) is 0 Å². The van der Waals surface area contributed by atoms with Gasteiger partial charge in [0.05, 0.1) is 0 Å². The molecule has 0 aliphatic rings. The van der Waals surface area contributed by atoms with Crippen LogP contribution in [0.1, 0.15) is 18.7 Å². The molecule has 0 heterocycles. The van der Waals surface area contributed by atoms with E-state index in [4.69, 9.17) is 0 Å². The van der Waals surface area contributed by atoms with Gasteiger partial charge in [0.15, 0.2) is 6.17 Å². The third kappa shape index (κ3) is 3.18. The summed E-state index contributed by atoms with van der Waals surface area (Å²) >= 11 is 0. The van der Waals surface area contributed by atoms with Gasteiger partial charge in [-0.3, -0.25) is 4.79 Å². The second-order valence-electron chi connectivity index (χ2n) is 3.75. The maximum absolute atomic E-state index is 13.5. The Morgan fingerprint density at radius 2 is 1.68 bits per heavy atom. The Bertz CT molecular complexity index is 470. The zero-order chi connectivity index (χ0) is 14.8. The highest BCUT2D eigenvalue weighted by Gasteiger charge is 2.64. The lowest BCUT2D eigenvalue weighted by molar-refractivity contribution is -0.305. The van der Waals surface area contributed by atoms with E-state index in [0.717, 1.165) is 25.1 Å². The maximum Gasteiger partial charge on any atom is 0.456 e. The lowest BCUT2D eigenvalue weighted by atomic mass is 10.0. The van der Waals surface area contributed by atoms with Gasteiger partial charge in [-0.25, -0.2) is 4.39 Å². The molecule has 8 heteroatoms. The monoisotopic (exact) mass is 285 g/mol. The number of alkyl halides is 6. The number of para-hydroxylation sites is 1. The highest BCUT2D eigenvalue weighted by atomic mass is 19.4. The van der Waals surface area contributed by atoms with Crippen molar-refractivity contribution in [3.8, 4) is 0 Å². The summed E-state index contributed by atoms with van der Waals surface area (Å²) in [4.78, 5) is 10.8. The number of amides is 1. The first-order valence-electron chi connectivity index (χ1n) is 5.02.